The number of ether oxygens (including phenoxy) is 1. The highest BCUT2D eigenvalue weighted by atomic mass is 19.1. The Labute approximate surface area is 133 Å². The van der Waals surface area contributed by atoms with Crippen molar-refractivity contribution >= 4 is 28.6 Å². The number of H-pyrrole nitrogens is 1. The predicted molar refractivity (Wildman–Crippen MR) is 79.7 cm³/mol. The number of carbonyl (C=O) groups excluding carboxylic acids is 2. The summed E-state index contributed by atoms with van der Waals surface area (Å²) >= 11 is 0. The molecule has 0 saturated carbocycles. The molecule has 0 bridgehead atoms. The van der Waals surface area contributed by atoms with Gasteiger partial charge in [0.25, 0.3) is 0 Å². The van der Waals surface area contributed by atoms with E-state index in [-0.39, 0.29) is 11.3 Å². The Morgan fingerprint density at radius 3 is 2.83 bits per heavy atom. The van der Waals surface area contributed by atoms with E-state index in [1.54, 1.807) is 0 Å². The van der Waals surface area contributed by atoms with Gasteiger partial charge in [0, 0.05) is 17.8 Å². The highest BCUT2D eigenvalue weighted by molar-refractivity contribution is 6.16. The Morgan fingerprint density at radius 1 is 1.29 bits per heavy atom. The molecule has 7 nitrogen and oxygen atoms in total. The zero-order valence-electron chi connectivity index (χ0n) is 12.3. The molecule has 1 amide bonds. The van der Waals surface area contributed by atoms with E-state index in [2.05, 4.69) is 25.0 Å². The SMILES string of the molecule is COC(=O)Nc1ccc(F)c(C(=O)c2c[nH]c3ncncc23)c1F. The Kier molecular flexibility index (Phi) is 3.90. The van der Waals surface area contributed by atoms with Gasteiger partial charge in [0.1, 0.15) is 17.8 Å². The van der Waals surface area contributed by atoms with E-state index < -0.39 is 29.1 Å². The van der Waals surface area contributed by atoms with Crippen LogP contribution in [0.1, 0.15) is 15.9 Å². The molecule has 0 atom stereocenters. The molecule has 0 radical (unpaired) electrons. The summed E-state index contributed by atoms with van der Waals surface area (Å²) in [6, 6.07) is 1.88. The molecular formula is C15H10F2N4O3. The lowest BCUT2D eigenvalue weighted by Gasteiger charge is -2.09. The van der Waals surface area contributed by atoms with Crippen molar-refractivity contribution in [3.05, 3.63) is 53.6 Å². The second-order valence-corrected chi connectivity index (χ2v) is 4.72. The number of nitrogens with one attached hydrogen (secondary N) is 2. The summed E-state index contributed by atoms with van der Waals surface area (Å²) in [4.78, 5) is 34.2. The summed E-state index contributed by atoms with van der Waals surface area (Å²) in [5, 5.41) is 2.40. The molecular weight excluding hydrogens is 322 g/mol. The average Bonchev–Trinajstić information content (AvgIpc) is 3.01. The van der Waals surface area contributed by atoms with Crippen LogP contribution >= 0.6 is 0 Å². The van der Waals surface area contributed by atoms with Crippen LogP contribution in [0.5, 0.6) is 0 Å². The van der Waals surface area contributed by atoms with Crippen LogP contribution in [0, 0.1) is 11.6 Å². The summed E-state index contributed by atoms with van der Waals surface area (Å²) < 4.78 is 32.9. The molecule has 0 fully saturated rings. The van der Waals surface area contributed by atoms with Crippen molar-refractivity contribution in [1.29, 1.82) is 0 Å². The van der Waals surface area contributed by atoms with Gasteiger partial charge >= 0.3 is 6.09 Å². The molecule has 0 unspecified atom stereocenters. The maximum absolute atomic E-state index is 14.5. The van der Waals surface area contributed by atoms with Crippen molar-refractivity contribution in [2.75, 3.05) is 12.4 Å². The second kappa shape index (κ2) is 6.03. The maximum Gasteiger partial charge on any atom is 0.411 e. The lowest BCUT2D eigenvalue weighted by Crippen LogP contribution is -2.15. The van der Waals surface area contributed by atoms with E-state index in [1.807, 2.05) is 0 Å². The van der Waals surface area contributed by atoms with Gasteiger partial charge in [-0.3, -0.25) is 10.1 Å². The number of fused-ring (bicyclic) bond motifs is 1. The number of benzene rings is 1. The average molecular weight is 332 g/mol. The molecule has 3 rings (SSSR count). The van der Waals surface area contributed by atoms with Gasteiger partial charge in [-0.25, -0.2) is 23.5 Å². The van der Waals surface area contributed by atoms with Crippen molar-refractivity contribution in [2.24, 2.45) is 0 Å². The van der Waals surface area contributed by atoms with Crippen LogP contribution in [0.15, 0.2) is 30.9 Å². The quantitative estimate of drug-likeness (QED) is 0.719. The Hall–Kier alpha value is -3.36. The standard InChI is InChI=1S/C15H10F2N4O3/c1-24-15(23)21-10-3-2-9(16)11(12(10)17)13(22)7-5-19-14-8(7)4-18-6-20-14/h2-6H,1H3,(H,21,23)(H,18,19,20). The molecule has 2 heterocycles. The molecule has 0 aliphatic heterocycles. The molecule has 0 saturated heterocycles. The predicted octanol–water partition coefficient (Wildman–Crippen LogP) is 2.65. The highest BCUT2D eigenvalue weighted by Crippen LogP contribution is 2.26. The smallest absolute Gasteiger partial charge is 0.411 e. The molecule has 2 N–H and O–H groups in total. The summed E-state index contributed by atoms with van der Waals surface area (Å²) in [7, 11) is 1.09. The molecule has 0 spiro atoms. The van der Waals surface area contributed by atoms with Crippen molar-refractivity contribution in [3.8, 4) is 0 Å². The van der Waals surface area contributed by atoms with Gasteiger partial charge in [-0.05, 0) is 12.1 Å². The summed E-state index contributed by atoms with van der Waals surface area (Å²) in [5.74, 6) is -3.16. The fourth-order valence-corrected chi connectivity index (χ4v) is 2.20. The minimum Gasteiger partial charge on any atom is -0.453 e. The van der Waals surface area contributed by atoms with Crippen LogP contribution in [0.25, 0.3) is 11.0 Å². The highest BCUT2D eigenvalue weighted by Gasteiger charge is 2.25. The fourth-order valence-electron chi connectivity index (χ4n) is 2.20. The number of methoxy groups -OCH3 is 1. The van der Waals surface area contributed by atoms with Crippen molar-refractivity contribution in [3.63, 3.8) is 0 Å². The minimum atomic E-state index is -1.20. The Balaban J connectivity index is 2.09. The minimum absolute atomic E-state index is 0.0126. The first-order valence-electron chi connectivity index (χ1n) is 6.67. The van der Waals surface area contributed by atoms with E-state index in [4.69, 9.17) is 0 Å². The van der Waals surface area contributed by atoms with E-state index in [0.29, 0.717) is 11.0 Å². The number of nitrogens with zero attached hydrogens (tertiary/aromatic N) is 2. The normalized spacial score (nSPS) is 10.6. The maximum atomic E-state index is 14.5. The molecule has 24 heavy (non-hydrogen) atoms. The third-order valence-electron chi connectivity index (χ3n) is 3.34. The summed E-state index contributed by atoms with van der Waals surface area (Å²) in [5.41, 5.74) is -0.798. The number of anilines is 1. The van der Waals surface area contributed by atoms with Crippen LogP contribution in [0.3, 0.4) is 0 Å². The van der Waals surface area contributed by atoms with Crippen molar-refractivity contribution in [2.45, 2.75) is 0 Å². The number of aromatic nitrogens is 3. The van der Waals surface area contributed by atoms with Gasteiger partial charge < -0.3 is 9.72 Å². The molecule has 1 aromatic carbocycles. The zero-order chi connectivity index (χ0) is 17.3. The van der Waals surface area contributed by atoms with Crippen molar-refractivity contribution in [1.82, 2.24) is 15.0 Å². The lowest BCUT2D eigenvalue weighted by molar-refractivity contribution is 0.103. The van der Waals surface area contributed by atoms with E-state index in [0.717, 1.165) is 19.2 Å². The zero-order valence-corrected chi connectivity index (χ0v) is 12.3. The Morgan fingerprint density at radius 2 is 2.08 bits per heavy atom. The Bertz CT molecular complexity index is 955. The third-order valence-corrected chi connectivity index (χ3v) is 3.34. The fraction of sp³-hybridized carbons (Fsp3) is 0.0667. The number of aromatic amines is 1. The first kappa shape index (κ1) is 15.5. The number of carbonyl (C=O) groups is 2. The number of halogens is 2. The molecule has 0 aliphatic carbocycles. The molecule has 0 aliphatic rings. The monoisotopic (exact) mass is 332 g/mol. The molecule has 9 heteroatoms. The van der Waals surface area contributed by atoms with Crippen LogP contribution in [0.2, 0.25) is 0 Å². The van der Waals surface area contributed by atoms with Gasteiger partial charge in [-0.15, -0.1) is 0 Å². The van der Waals surface area contributed by atoms with Crippen LogP contribution in [-0.2, 0) is 4.74 Å². The number of hydrogen-bond donors (Lipinski definition) is 2. The van der Waals surface area contributed by atoms with E-state index >= 15 is 0 Å². The summed E-state index contributed by atoms with van der Waals surface area (Å²) in [6.45, 7) is 0. The number of rotatable bonds is 3. The number of hydrogen-bond acceptors (Lipinski definition) is 5. The van der Waals surface area contributed by atoms with E-state index in [1.165, 1.54) is 18.7 Å². The second-order valence-electron chi connectivity index (χ2n) is 4.72. The number of ketones is 1. The first-order chi connectivity index (χ1) is 11.5. The van der Waals surface area contributed by atoms with Crippen LogP contribution in [-0.4, -0.2) is 33.9 Å². The van der Waals surface area contributed by atoms with Crippen molar-refractivity contribution < 1.29 is 23.1 Å². The van der Waals surface area contributed by atoms with Gasteiger partial charge in [0.05, 0.1) is 23.9 Å². The third kappa shape index (κ3) is 2.56. The van der Waals surface area contributed by atoms with Gasteiger partial charge in [-0.2, -0.15) is 0 Å². The lowest BCUT2D eigenvalue weighted by atomic mass is 10.0. The van der Waals surface area contributed by atoms with E-state index in [9.17, 15) is 18.4 Å². The van der Waals surface area contributed by atoms with Crippen LogP contribution in [0.4, 0.5) is 19.3 Å². The summed E-state index contributed by atoms with van der Waals surface area (Å²) in [6.07, 6.45) is 2.98. The molecule has 122 valence electrons. The largest absolute Gasteiger partial charge is 0.453 e. The van der Waals surface area contributed by atoms with Crippen LogP contribution < -0.4 is 5.32 Å². The van der Waals surface area contributed by atoms with Gasteiger partial charge in [0.2, 0.25) is 5.78 Å². The molecule has 3 aromatic rings. The molecule has 2 aromatic heterocycles. The first-order valence-corrected chi connectivity index (χ1v) is 6.67. The topological polar surface area (TPSA) is 97.0 Å². The number of amides is 1. The van der Waals surface area contributed by atoms with Gasteiger partial charge in [0.15, 0.2) is 5.82 Å². The van der Waals surface area contributed by atoms with Gasteiger partial charge in [-0.1, -0.05) is 0 Å².